The molecule has 0 saturated carbocycles. The molecule has 2 aliphatic rings. The molecule has 4 rings (SSSR count). The number of aromatic nitrogens is 1. The van der Waals surface area contributed by atoms with Gasteiger partial charge in [-0.25, -0.2) is 17.7 Å². The van der Waals surface area contributed by atoms with Crippen LogP contribution in [0.5, 0.6) is 5.19 Å². The van der Waals surface area contributed by atoms with Crippen molar-refractivity contribution in [1.29, 1.82) is 0 Å². The van der Waals surface area contributed by atoms with Gasteiger partial charge in [-0.05, 0) is 38.2 Å². The molecule has 1 aromatic heterocycles. The summed E-state index contributed by atoms with van der Waals surface area (Å²) < 4.78 is 33.3. The number of thiazole rings is 1. The summed E-state index contributed by atoms with van der Waals surface area (Å²) in [5.41, 5.74) is 1.97. The molecule has 0 spiro atoms. The van der Waals surface area contributed by atoms with E-state index < -0.39 is 10.0 Å². The van der Waals surface area contributed by atoms with Crippen molar-refractivity contribution in [3.05, 3.63) is 47.0 Å². The van der Waals surface area contributed by atoms with Crippen LogP contribution < -0.4 is 4.74 Å². The van der Waals surface area contributed by atoms with Gasteiger partial charge < -0.3 is 9.64 Å². The number of rotatable bonds is 6. The van der Waals surface area contributed by atoms with E-state index in [0.29, 0.717) is 19.1 Å². The summed E-state index contributed by atoms with van der Waals surface area (Å²) in [6, 6.07) is 8.25. The smallest absolute Gasteiger partial charge is 0.273 e. The fraction of sp³-hybridized carbons (Fsp3) is 0.571. The molecule has 8 heteroatoms. The monoisotopic (exact) mass is 435 g/mol. The fourth-order valence-corrected chi connectivity index (χ4v) is 6.46. The third-order valence-corrected chi connectivity index (χ3v) is 8.43. The van der Waals surface area contributed by atoms with Crippen molar-refractivity contribution < 1.29 is 13.2 Å². The third-order valence-electron chi connectivity index (χ3n) is 5.92. The minimum absolute atomic E-state index is 0.0961. The largest absolute Gasteiger partial charge is 0.467 e. The molecule has 2 aromatic rings. The molecule has 0 atom stereocenters. The van der Waals surface area contributed by atoms with Crippen LogP contribution in [0.25, 0.3) is 0 Å². The lowest BCUT2D eigenvalue weighted by atomic mass is 10.00. The van der Waals surface area contributed by atoms with Crippen molar-refractivity contribution in [2.24, 2.45) is 0 Å². The number of hydrogen-bond acceptors (Lipinski definition) is 6. The van der Waals surface area contributed by atoms with Crippen LogP contribution in [0.3, 0.4) is 0 Å². The van der Waals surface area contributed by atoms with Crippen LogP contribution in [0.2, 0.25) is 0 Å². The van der Waals surface area contributed by atoms with Gasteiger partial charge in [0, 0.05) is 43.8 Å². The van der Waals surface area contributed by atoms with Gasteiger partial charge in [0.25, 0.3) is 5.19 Å². The average Bonchev–Trinajstić information content (AvgIpc) is 3.21. The molecule has 0 aliphatic carbocycles. The van der Waals surface area contributed by atoms with Crippen LogP contribution in [0.15, 0.2) is 35.8 Å². The highest BCUT2D eigenvalue weighted by Crippen LogP contribution is 2.26. The summed E-state index contributed by atoms with van der Waals surface area (Å²) in [6.45, 7) is 5.25. The maximum Gasteiger partial charge on any atom is 0.273 e. The minimum Gasteiger partial charge on any atom is -0.467 e. The predicted octanol–water partition coefficient (Wildman–Crippen LogP) is 3.29. The number of hydrogen-bond donors (Lipinski definition) is 0. The second-order valence-corrected chi connectivity index (χ2v) is 10.9. The fourth-order valence-electron chi connectivity index (χ4n) is 4.36. The quantitative estimate of drug-likeness (QED) is 0.697. The molecule has 1 aromatic carbocycles. The highest BCUT2D eigenvalue weighted by Gasteiger charge is 2.32. The molecule has 0 amide bonds. The first-order valence-electron chi connectivity index (χ1n) is 10.3. The molecule has 0 radical (unpaired) electrons. The summed E-state index contributed by atoms with van der Waals surface area (Å²) in [7, 11) is -3.26. The second-order valence-electron chi connectivity index (χ2n) is 8.03. The normalized spacial score (nSPS) is 20.7. The lowest BCUT2D eigenvalue weighted by molar-refractivity contribution is 0.0584. The van der Waals surface area contributed by atoms with Crippen LogP contribution in [-0.2, 0) is 15.8 Å². The molecule has 0 N–H and O–H groups in total. The van der Waals surface area contributed by atoms with Gasteiger partial charge in [0.2, 0.25) is 10.0 Å². The van der Waals surface area contributed by atoms with Gasteiger partial charge >= 0.3 is 0 Å². The maximum atomic E-state index is 12.8. The Balaban J connectivity index is 1.25. The highest BCUT2D eigenvalue weighted by molar-refractivity contribution is 7.88. The topological polar surface area (TPSA) is 62.7 Å². The average molecular weight is 436 g/mol. The number of ether oxygens (including phenoxy) is 1. The van der Waals surface area contributed by atoms with Gasteiger partial charge in [-0.1, -0.05) is 41.2 Å². The second kappa shape index (κ2) is 9.12. The lowest BCUT2D eigenvalue weighted by Gasteiger charge is -2.41. The van der Waals surface area contributed by atoms with Crippen molar-refractivity contribution in [3.8, 4) is 5.19 Å². The number of sulfonamides is 1. The van der Waals surface area contributed by atoms with E-state index in [-0.39, 0.29) is 11.9 Å². The van der Waals surface area contributed by atoms with Crippen molar-refractivity contribution >= 4 is 21.4 Å². The van der Waals surface area contributed by atoms with Gasteiger partial charge in [0.15, 0.2) is 0 Å². The maximum absolute atomic E-state index is 12.8. The van der Waals surface area contributed by atoms with Crippen molar-refractivity contribution in [2.75, 3.05) is 26.2 Å². The number of benzene rings is 1. The number of nitrogens with zero attached hydrogens (tertiary/aromatic N) is 3. The minimum atomic E-state index is -3.26. The van der Waals surface area contributed by atoms with E-state index in [2.05, 4.69) is 9.88 Å². The summed E-state index contributed by atoms with van der Waals surface area (Å²) in [5, 5.41) is 2.70. The van der Waals surface area contributed by atoms with Gasteiger partial charge in [-0.3, -0.25) is 0 Å². The number of likely N-dealkylation sites (tertiary alicyclic amines) is 1. The zero-order valence-electron chi connectivity index (χ0n) is 16.9. The Kier molecular flexibility index (Phi) is 6.53. The van der Waals surface area contributed by atoms with Crippen LogP contribution in [0, 0.1) is 6.92 Å². The van der Waals surface area contributed by atoms with E-state index in [0.717, 1.165) is 55.1 Å². The van der Waals surface area contributed by atoms with E-state index in [1.807, 2.05) is 36.6 Å². The molecular formula is C21H29N3O3S2. The highest BCUT2D eigenvalue weighted by atomic mass is 32.2. The predicted molar refractivity (Wildman–Crippen MR) is 116 cm³/mol. The van der Waals surface area contributed by atoms with Gasteiger partial charge in [0.1, 0.15) is 6.10 Å². The van der Waals surface area contributed by atoms with Gasteiger partial charge in [-0.2, -0.15) is 0 Å². The Morgan fingerprint density at radius 3 is 2.55 bits per heavy atom. The Morgan fingerprint density at radius 2 is 1.90 bits per heavy atom. The summed E-state index contributed by atoms with van der Waals surface area (Å²) in [4.78, 5) is 6.73. The molecule has 2 fully saturated rings. The molecule has 29 heavy (non-hydrogen) atoms. The molecular weight excluding hydrogens is 406 g/mol. The molecule has 6 nitrogen and oxygen atoms in total. The molecule has 2 saturated heterocycles. The van der Waals surface area contributed by atoms with Gasteiger partial charge in [-0.15, -0.1) is 0 Å². The van der Waals surface area contributed by atoms with E-state index in [1.165, 1.54) is 11.3 Å². The van der Waals surface area contributed by atoms with Gasteiger partial charge in [0.05, 0.1) is 5.75 Å². The SMILES string of the molecule is Cc1cccc(CS(=O)(=O)N2CCC(N3CCC(Oc4nccs4)CC3)CC2)c1. The molecule has 2 aliphatic heterocycles. The van der Waals surface area contributed by atoms with Crippen LogP contribution in [0.1, 0.15) is 36.8 Å². The van der Waals surface area contributed by atoms with E-state index >= 15 is 0 Å². The van der Waals surface area contributed by atoms with Crippen molar-refractivity contribution in [2.45, 2.75) is 50.5 Å². The zero-order chi connectivity index (χ0) is 20.3. The molecule has 0 unspecified atom stereocenters. The number of aryl methyl sites for hydroxylation is 1. The molecule has 0 bridgehead atoms. The van der Waals surface area contributed by atoms with E-state index in [9.17, 15) is 8.42 Å². The van der Waals surface area contributed by atoms with Crippen molar-refractivity contribution in [1.82, 2.24) is 14.2 Å². The van der Waals surface area contributed by atoms with Crippen molar-refractivity contribution in [3.63, 3.8) is 0 Å². The standard InChI is InChI=1S/C21H29N3O3S2/c1-17-3-2-4-18(15-17)16-29(25,26)24-12-5-19(6-13-24)23-10-7-20(8-11-23)27-21-22-9-14-28-21/h2-4,9,14-15,19-20H,5-8,10-13,16H2,1H3. The third kappa shape index (κ3) is 5.36. The first-order valence-corrected chi connectivity index (χ1v) is 12.8. The Morgan fingerprint density at radius 1 is 1.14 bits per heavy atom. The first-order chi connectivity index (χ1) is 14.0. The first kappa shape index (κ1) is 20.8. The lowest BCUT2D eigenvalue weighted by Crippen LogP contribution is -2.50. The Hall–Kier alpha value is -1.48. The Bertz CT molecular complexity index is 886. The summed E-state index contributed by atoms with van der Waals surface area (Å²) in [5.74, 6) is 0.0961. The van der Waals surface area contributed by atoms with Crippen LogP contribution in [-0.4, -0.2) is 60.9 Å². The Labute approximate surface area is 177 Å². The van der Waals surface area contributed by atoms with E-state index in [1.54, 1.807) is 10.5 Å². The summed E-state index contributed by atoms with van der Waals surface area (Å²) in [6.07, 6.45) is 5.84. The van der Waals surface area contributed by atoms with Crippen LogP contribution >= 0.6 is 11.3 Å². The molecule has 3 heterocycles. The zero-order valence-corrected chi connectivity index (χ0v) is 18.5. The number of piperidine rings is 2. The molecule has 158 valence electrons. The summed E-state index contributed by atoms with van der Waals surface area (Å²) >= 11 is 1.54. The van der Waals surface area contributed by atoms with E-state index in [4.69, 9.17) is 4.74 Å². The van der Waals surface area contributed by atoms with Crippen LogP contribution in [0.4, 0.5) is 0 Å².